The van der Waals surface area contributed by atoms with Crippen LogP contribution in [0.3, 0.4) is 0 Å². The number of thioether (sulfide) groups is 1. The molecule has 0 radical (unpaired) electrons. The molecule has 1 heterocycles. The van der Waals surface area contributed by atoms with Crippen molar-refractivity contribution in [3.63, 3.8) is 0 Å². The van der Waals surface area contributed by atoms with Gasteiger partial charge >= 0.3 is 0 Å². The highest BCUT2D eigenvalue weighted by molar-refractivity contribution is 9.10. The third kappa shape index (κ3) is 4.56. The first-order valence-corrected chi connectivity index (χ1v) is 8.71. The maximum Gasteiger partial charge on any atom is 0.231 e. The molecule has 21 heavy (non-hydrogen) atoms. The predicted octanol–water partition coefficient (Wildman–Crippen LogP) is 4.21. The highest BCUT2D eigenvalue weighted by Gasteiger charge is 2.26. The van der Waals surface area contributed by atoms with Crippen LogP contribution in [-0.2, 0) is 5.75 Å². The molecule has 1 aromatic carbocycles. The molecule has 0 amide bonds. The summed E-state index contributed by atoms with van der Waals surface area (Å²) in [6.45, 7) is 6.22. The summed E-state index contributed by atoms with van der Waals surface area (Å²) in [6.07, 6.45) is 0. The molecule has 0 saturated heterocycles. The third-order valence-electron chi connectivity index (χ3n) is 3.24. The van der Waals surface area contributed by atoms with Crippen molar-refractivity contribution in [2.24, 2.45) is 11.7 Å². The molecule has 0 bridgehead atoms. The Kier molecular flexibility index (Phi) is 5.84. The molecule has 1 aromatic heterocycles. The summed E-state index contributed by atoms with van der Waals surface area (Å²) in [4.78, 5) is 5.68. The van der Waals surface area contributed by atoms with E-state index in [0.29, 0.717) is 23.4 Å². The van der Waals surface area contributed by atoms with Crippen LogP contribution < -0.4 is 5.73 Å². The van der Waals surface area contributed by atoms with E-state index in [4.69, 9.17) is 10.3 Å². The summed E-state index contributed by atoms with van der Waals surface area (Å²) < 4.78 is 6.47. The molecule has 0 spiro atoms. The molecule has 2 N–H and O–H groups in total. The van der Waals surface area contributed by atoms with Gasteiger partial charge in [0.2, 0.25) is 5.89 Å². The van der Waals surface area contributed by atoms with Crippen molar-refractivity contribution in [2.45, 2.75) is 43.4 Å². The summed E-state index contributed by atoms with van der Waals surface area (Å²) >= 11 is 5.11. The van der Waals surface area contributed by atoms with Crippen molar-refractivity contribution in [3.05, 3.63) is 40.5 Å². The van der Waals surface area contributed by atoms with Gasteiger partial charge in [0.15, 0.2) is 5.82 Å². The molecular weight excluding hydrogens is 350 g/mol. The summed E-state index contributed by atoms with van der Waals surface area (Å²) in [5.41, 5.74) is 6.02. The minimum Gasteiger partial charge on any atom is -0.339 e. The van der Waals surface area contributed by atoms with Gasteiger partial charge in [-0.1, -0.05) is 34.9 Å². The van der Waals surface area contributed by atoms with Gasteiger partial charge in [0, 0.05) is 15.4 Å². The van der Waals surface area contributed by atoms with Crippen LogP contribution in [0.5, 0.6) is 0 Å². The Morgan fingerprint density at radius 1 is 1.24 bits per heavy atom. The van der Waals surface area contributed by atoms with Crippen LogP contribution in [0, 0.1) is 5.92 Å². The molecule has 4 nitrogen and oxygen atoms in total. The molecule has 2 rings (SSSR count). The average molecular weight is 370 g/mol. The zero-order valence-corrected chi connectivity index (χ0v) is 14.8. The Bertz CT molecular complexity index is 561. The molecule has 2 atom stereocenters. The summed E-state index contributed by atoms with van der Waals surface area (Å²) in [5, 5.41) is 4.06. The van der Waals surface area contributed by atoms with Crippen LogP contribution in [0.4, 0.5) is 0 Å². The topological polar surface area (TPSA) is 64.9 Å². The van der Waals surface area contributed by atoms with E-state index in [0.717, 1.165) is 4.47 Å². The van der Waals surface area contributed by atoms with Gasteiger partial charge in [0.1, 0.15) is 0 Å². The molecule has 0 aliphatic rings. The largest absolute Gasteiger partial charge is 0.339 e. The van der Waals surface area contributed by atoms with Crippen LogP contribution in [-0.4, -0.2) is 16.2 Å². The Morgan fingerprint density at radius 3 is 2.48 bits per heavy atom. The van der Waals surface area contributed by atoms with Gasteiger partial charge in [0.05, 0.1) is 11.7 Å². The summed E-state index contributed by atoms with van der Waals surface area (Å²) in [6, 6.07) is 8.17. The minimum atomic E-state index is -0.00238. The molecule has 2 unspecified atom stereocenters. The number of benzene rings is 1. The van der Waals surface area contributed by atoms with E-state index in [-0.39, 0.29) is 12.0 Å². The van der Waals surface area contributed by atoms with Crippen molar-refractivity contribution in [1.82, 2.24) is 10.1 Å². The molecular formula is C15H20BrN3OS. The number of nitrogens with zero attached hydrogens (tertiary/aromatic N) is 2. The standard InChI is InChI=1S/C15H20BrN3OS/c1-9(2)14(10(3)17)15-18-13(19-20-15)8-21-12-6-4-11(16)5-7-12/h4-7,9-10,14H,8,17H2,1-3H3. The zero-order chi connectivity index (χ0) is 15.4. The molecule has 0 saturated carbocycles. The molecule has 0 aliphatic heterocycles. The Morgan fingerprint density at radius 2 is 1.90 bits per heavy atom. The fourth-order valence-electron chi connectivity index (χ4n) is 2.26. The van der Waals surface area contributed by atoms with Crippen molar-refractivity contribution in [3.8, 4) is 0 Å². The number of nitrogens with two attached hydrogens (primary N) is 1. The van der Waals surface area contributed by atoms with E-state index < -0.39 is 0 Å². The van der Waals surface area contributed by atoms with Gasteiger partial charge in [-0.05, 0) is 37.1 Å². The Labute approximate surface area is 138 Å². The van der Waals surface area contributed by atoms with E-state index in [1.54, 1.807) is 11.8 Å². The lowest BCUT2D eigenvalue weighted by Crippen LogP contribution is -2.28. The highest BCUT2D eigenvalue weighted by atomic mass is 79.9. The zero-order valence-electron chi connectivity index (χ0n) is 12.4. The number of aromatic nitrogens is 2. The smallest absolute Gasteiger partial charge is 0.231 e. The molecule has 2 aromatic rings. The molecule has 0 aliphatic carbocycles. The highest BCUT2D eigenvalue weighted by Crippen LogP contribution is 2.27. The quantitative estimate of drug-likeness (QED) is 0.772. The Hall–Kier alpha value is -0.850. The van der Waals surface area contributed by atoms with Crippen LogP contribution >= 0.6 is 27.7 Å². The second kappa shape index (κ2) is 7.42. The molecule has 6 heteroatoms. The summed E-state index contributed by atoms with van der Waals surface area (Å²) in [7, 11) is 0. The second-order valence-corrected chi connectivity index (χ2v) is 7.38. The van der Waals surface area contributed by atoms with Crippen molar-refractivity contribution in [2.75, 3.05) is 0 Å². The van der Waals surface area contributed by atoms with Gasteiger partial charge in [-0.3, -0.25) is 0 Å². The number of rotatable bonds is 6. The predicted molar refractivity (Wildman–Crippen MR) is 89.2 cm³/mol. The second-order valence-electron chi connectivity index (χ2n) is 5.42. The van der Waals surface area contributed by atoms with Crippen molar-refractivity contribution < 1.29 is 4.52 Å². The monoisotopic (exact) mass is 369 g/mol. The average Bonchev–Trinajstić information content (AvgIpc) is 2.85. The van der Waals surface area contributed by atoms with Gasteiger partial charge in [0.25, 0.3) is 0 Å². The molecule has 0 fully saturated rings. The van der Waals surface area contributed by atoms with Crippen LogP contribution in [0.15, 0.2) is 38.2 Å². The Balaban J connectivity index is 2.01. The van der Waals surface area contributed by atoms with Crippen LogP contribution in [0.1, 0.15) is 38.4 Å². The number of hydrogen-bond acceptors (Lipinski definition) is 5. The van der Waals surface area contributed by atoms with E-state index in [1.165, 1.54) is 4.90 Å². The van der Waals surface area contributed by atoms with Gasteiger partial charge in [-0.25, -0.2) is 0 Å². The van der Waals surface area contributed by atoms with Crippen LogP contribution in [0.25, 0.3) is 0 Å². The lowest BCUT2D eigenvalue weighted by atomic mass is 9.90. The van der Waals surface area contributed by atoms with E-state index in [1.807, 2.05) is 19.1 Å². The normalized spacial score (nSPS) is 14.4. The fourth-order valence-corrected chi connectivity index (χ4v) is 3.26. The lowest BCUT2D eigenvalue weighted by Gasteiger charge is -2.20. The number of hydrogen-bond donors (Lipinski definition) is 1. The molecule has 114 valence electrons. The first-order chi connectivity index (χ1) is 9.97. The maximum atomic E-state index is 6.02. The van der Waals surface area contributed by atoms with E-state index in [2.05, 4.69) is 52.1 Å². The van der Waals surface area contributed by atoms with Crippen molar-refractivity contribution >= 4 is 27.7 Å². The van der Waals surface area contributed by atoms with E-state index in [9.17, 15) is 0 Å². The lowest BCUT2D eigenvalue weighted by molar-refractivity contribution is 0.299. The van der Waals surface area contributed by atoms with Crippen molar-refractivity contribution in [1.29, 1.82) is 0 Å². The van der Waals surface area contributed by atoms with E-state index >= 15 is 0 Å². The third-order valence-corrected chi connectivity index (χ3v) is 4.77. The van der Waals surface area contributed by atoms with Gasteiger partial charge in [-0.15, -0.1) is 11.8 Å². The number of halogens is 1. The first kappa shape index (κ1) is 16.5. The minimum absolute atomic E-state index is 0.00238. The van der Waals surface area contributed by atoms with Crippen LogP contribution in [0.2, 0.25) is 0 Å². The summed E-state index contributed by atoms with van der Waals surface area (Å²) in [5.74, 6) is 2.52. The van der Waals surface area contributed by atoms with Gasteiger partial charge in [-0.2, -0.15) is 4.98 Å². The maximum absolute atomic E-state index is 6.02. The SMILES string of the molecule is CC(C)C(c1nc(CSc2ccc(Br)cc2)no1)C(C)N. The first-order valence-electron chi connectivity index (χ1n) is 6.93. The fraction of sp³-hybridized carbons (Fsp3) is 0.467. The van der Waals surface area contributed by atoms with Gasteiger partial charge < -0.3 is 10.3 Å².